The molecule has 1 aromatic carbocycles. The first-order valence-electron chi connectivity index (χ1n) is 11.1. The summed E-state index contributed by atoms with van der Waals surface area (Å²) in [5.41, 5.74) is 1.89. The van der Waals surface area contributed by atoms with Gasteiger partial charge in [-0.05, 0) is 58.2 Å². The number of likely N-dealkylation sites (tertiary alicyclic amines) is 1. The third-order valence-corrected chi connectivity index (χ3v) is 5.37. The molecule has 1 fully saturated rings. The summed E-state index contributed by atoms with van der Waals surface area (Å²) in [6.07, 6.45) is 5.59. The minimum Gasteiger partial charge on any atom is -0.443 e. The van der Waals surface area contributed by atoms with Crippen molar-refractivity contribution < 1.29 is 9.53 Å². The van der Waals surface area contributed by atoms with Crippen LogP contribution >= 0.6 is 0 Å². The minimum atomic E-state index is -0.538. The highest BCUT2D eigenvalue weighted by Gasteiger charge is 2.32. The molecule has 2 heterocycles. The zero-order valence-electron chi connectivity index (χ0n) is 18.8. The van der Waals surface area contributed by atoms with Crippen LogP contribution in [-0.4, -0.2) is 34.7 Å². The van der Waals surface area contributed by atoms with Crippen LogP contribution in [0.15, 0.2) is 48.7 Å². The number of amides is 1. The Hall–Kier alpha value is -2.40. The van der Waals surface area contributed by atoms with E-state index >= 15 is 0 Å². The molecule has 162 valence electrons. The summed E-state index contributed by atoms with van der Waals surface area (Å²) < 4.78 is 5.72. The summed E-state index contributed by atoms with van der Waals surface area (Å²) >= 11 is 0. The van der Waals surface area contributed by atoms with Crippen molar-refractivity contribution in [2.45, 2.75) is 71.6 Å². The summed E-state index contributed by atoms with van der Waals surface area (Å²) in [7, 11) is 0. The van der Waals surface area contributed by atoms with Gasteiger partial charge in [0, 0.05) is 30.9 Å². The molecule has 0 spiro atoms. The van der Waals surface area contributed by atoms with E-state index in [0.29, 0.717) is 6.54 Å². The molecule has 1 atom stereocenters. The second-order valence-corrected chi connectivity index (χ2v) is 9.02. The van der Waals surface area contributed by atoms with Crippen molar-refractivity contribution in [2.75, 3.05) is 18.0 Å². The molecule has 0 bridgehead atoms. The van der Waals surface area contributed by atoms with Gasteiger partial charge in [0.25, 0.3) is 0 Å². The van der Waals surface area contributed by atoms with Gasteiger partial charge in [-0.25, -0.2) is 9.78 Å². The van der Waals surface area contributed by atoms with E-state index in [1.165, 1.54) is 5.56 Å². The highest BCUT2D eigenvalue weighted by Crippen LogP contribution is 2.37. The molecular formula is C25H35N3O2. The predicted octanol–water partition coefficient (Wildman–Crippen LogP) is 5.96. The average molecular weight is 410 g/mol. The molecule has 1 aliphatic heterocycles. The van der Waals surface area contributed by atoms with Crippen molar-refractivity contribution in [3.8, 4) is 0 Å². The zero-order valence-corrected chi connectivity index (χ0v) is 18.8. The molecule has 5 nitrogen and oxygen atoms in total. The largest absolute Gasteiger partial charge is 0.443 e. The lowest BCUT2D eigenvalue weighted by Gasteiger charge is -2.31. The molecule has 0 N–H and O–H groups in total. The van der Waals surface area contributed by atoms with E-state index in [4.69, 9.17) is 4.74 Å². The van der Waals surface area contributed by atoms with Crippen molar-refractivity contribution in [2.24, 2.45) is 0 Å². The van der Waals surface area contributed by atoms with E-state index in [-0.39, 0.29) is 12.1 Å². The van der Waals surface area contributed by atoms with Crippen LogP contribution in [-0.2, 0) is 11.3 Å². The van der Waals surface area contributed by atoms with Crippen molar-refractivity contribution in [3.05, 3.63) is 59.8 Å². The molecule has 1 amide bonds. The second kappa shape index (κ2) is 10.1. The van der Waals surface area contributed by atoms with Gasteiger partial charge in [-0.2, -0.15) is 0 Å². The highest BCUT2D eigenvalue weighted by molar-refractivity contribution is 5.87. The molecule has 1 aromatic heterocycles. The van der Waals surface area contributed by atoms with E-state index in [0.717, 1.165) is 50.2 Å². The first-order valence-corrected chi connectivity index (χ1v) is 11.1. The second-order valence-electron chi connectivity index (χ2n) is 9.02. The molecule has 0 radical (unpaired) electrons. The Balaban J connectivity index is 1.89. The summed E-state index contributed by atoms with van der Waals surface area (Å²) in [5.74, 6) is 0.741. The van der Waals surface area contributed by atoms with Crippen LogP contribution in [0, 0.1) is 0 Å². The molecular weight excluding hydrogens is 374 g/mol. The Bertz CT molecular complexity index is 817. The van der Waals surface area contributed by atoms with Gasteiger partial charge in [0.05, 0.1) is 0 Å². The number of rotatable bonds is 7. The molecule has 30 heavy (non-hydrogen) atoms. The van der Waals surface area contributed by atoms with Crippen LogP contribution in [0.25, 0.3) is 0 Å². The molecule has 1 saturated heterocycles. The van der Waals surface area contributed by atoms with Crippen LogP contribution in [0.5, 0.6) is 0 Å². The maximum atomic E-state index is 13.1. The van der Waals surface area contributed by atoms with Gasteiger partial charge in [0.15, 0.2) is 0 Å². The third kappa shape index (κ3) is 5.82. The van der Waals surface area contributed by atoms with E-state index in [1.54, 1.807) is 11.1 Å². The Labute approximate surface area is 181 Å². The number of nitrogens with zero attached hydrogens (tertiary/aromatic N) is 3. The normalized spacial score (nSPS) is 17.1. The standard InChI is InChI=1S/C25H35N3O2/c1-5-6-18-28(24(29)30-25(2,3)4)23-21(14-10-16-26-23)22-15-11-17-27(22)19-20-12-8-7-9-13-20/h7-10,12-14,16,22H,5-6,11,15,17-19H2,1-4H3/t22-/m0/s1. The van der Waals surface area contributed by atoms with Gasteiger partial charge in [-0.3, -0.25) is 9.80 Å². The Morgan fingerprint density at radius 1 is 1.20 bits per heavy atom. The maximum Gasteiger partial charge on any atom is 0.416 e. The fraction of sp³-hybridized carbons (Fsp3) is 0.520. The molecule has 0 unspecified atom stereocenters. The lowest BCUT2D eigenvalue weighted by Crippen LogP contribution is -2.39. The smallest absolute Gasteiger partial charge is 0.416 e. The Kier molecular flexibility index (Phi) is 7.48. The zero-order chi connectivity index (χ0) is 21.6. The first-order chi connectivity index (χ1) is 14.4. The number of unbranched alkanes of at least 4 members (excludes halogenated alkanes) is 1. The molecule has 1 aliphatic rings. The molecule has 0 aliphatic carbocycles. The molecule has 5 heteroatoms. The van der Waals surface area contributed by atoms with Gasteiger partial charge in [-0.1, -0.05) is 49.7 Å². The summed E-state index contributed by atoms with van der Waals surface area (Å²) in [4.78, 5) is 22.0. The van der Waals surface area contributed by atoms with Crippen LogP contribution < -0.4 is 4.90 Å². The first kappa shape index (κ1) is 22.3. The van der Waals surface area contributed by atoms with Crippen LogP contribution in [0.2, 0.25) is 0 Å². The van der Waals surface area contributed by atoms with Crippen molar-refractivity contribution in [3.63, 3.8) is 0 Å². The average Bonchev–Trinajstić information content (AvgIpc) is 3.16. The van der Waals surface area contributed by atoms with Crippen molar-refractivity contribution in [1.29, 1.82) is 0 Å². The van der Waals surface area contributed by atoms with Crippen LogP contribution in [0.3, 0.4) is 0 Å². The van der Waals surface area contributed by atoms with Gasteiger partial charge in [0.2, 0.25) is 0 Å². The predicted molar refractivity (Wildman–Crippen MR) is 122 cm³/mol. The molecule has 3 rings (SSSR count). The fourth-order valence-corrected chi connectivity index (χ4v) is 4.00. The SMILES string of the molecule is CCCCN(C(=O)OC(C)(C)C)c1ncccc1[C@@H]1CCCN1Cc1ccccc1. The number of carbonyl (C=O) groups is 1. The topological polar surface area (TPSA) is 45.7 Å². The number of ether oxygens (including phenoxy) is 1. The summed E-state index contributed by atoms with van der Waals surface area (Å²) in [5, 5.41) is 0. The van der Waals surface area contributed by atoms with Gasteiger partial charge in [0.1, 0.15) is 11.4 Å². The van der Waals surface area contributed by atoms with Crippen molar-refractivity contribution in [1.82, 2.24) is 9.88 Å². The van der Waals surface area contributed by atoms with E-state index in [2.05, 4.69) is 53.2 Å². The Morgan fingerprint density at radius 3 is 2.67 bits per heavy atom. The number of carbonyl (C=O) groups excluding carboxylic acids is 1. The van der Waals surface area contributed by atoms with E-state index < -0.39 is 5.60 Å². The molecule has 0 saturated carbocycles. The Morgan fingerprint density at radius 2 is 1.97 bits per heavy atom. The monoisotopic (exact) mass is 409 g/mol. The summed E-state index contributed by atoms with van der Waals surface area (Å²) in [6.45, 7) is 10.4. The van der Waals surface area contributed by atoms with Crippen molar-refractivity contribution >= 4 is 11.9 Å². The minimum absolute atomic E-state index is 0.250. The lowest BCUT2D eigenvalue weighted by molar-refractivity contribution is 0.0578. The van der Waals surface area contributed by atoms with Gasteiger partial charge in [-0.15, -0.1) is 0 Å². The number of aromatic nitrogens is 1. The number of anilines is 1. The van der Waals surface area contributed by atoms with Gasteiger partial charge < -0.3 is 4.74 Å². The summed E-state index contributed by atoms with van der Waals surface area (Å²) in [6, 6.07) is 14.9. The van der Waals surface area contributed by atoms with Gasteiger partial charge >= 0.3 is 6.09 Å². The quantitative estimate of drug-likeness (QED) is 0.566. The van der Waals surface area contributed by atoms with Crippen LogP contribution in [0.4, 0.5) is 10.6 Å². The van der Waals surface area contributed by atoms with E-state index in [1.807, 2.05) is 26.8 Å². The number of pyridine rings is 1. The number of benzene rings is 1. The number of hydrogen-bond donors (Lipinski definition) is 0. The fourth-order valence-electron chi connectivity index (χ4n) is 4.00. The number of hydrogen-bond acceptors (Lipinski definition) is 4. The maximum absolute atomic E-state index is 13.1. The highest BCUT2D eigenvalue weighted by atomic mass is 16.6. The third-order valence-electron chi connectivity index (χ3n) is 5.37. The van der Waals surface area contributed by atoms with E-state index in [9.17, 15) is 4.79 Å². The molecule has 2 aromatic rings. The lowest BCUT2D eigenvalue weighted by atomic mass is 10.0. The van der Waals surface area contributed by atoms with Crippen LogP contribution in [0.1, 0.15) is 70.5 Å².